The molecule has 106 valence electrons. The Morgan fingerprint density at radius 1 is 1.26 bits per heavy atom. The minimum atomic E-state index is 0.400. The molecule has 1 aromatic rings. The molecule has 2 rings (SSSR count). The van der Waals surface area contributed by atoms with E-state index < -0.39 is 0 Å². The van der Waals surface area contributed by atoms with E-state index in [0.717, 1.165) is 18.9 Å². The number of ether oxygens (including phenoxy) is 1. The maximum absolute atomic E-state index is 5.42. The highest BCUT2D eigenvalue weighted by Crippen LogP contribution is 2.25. The van der Waals surface area contributed by atoms with Crippen LogP contribution >= 0.6 is 0 Å². The molecule has 0 aliphatic carbocycles. The maximum Gasteiger partial charge on any atom is 0.323 e. The molecule has 2 heterocycles. The third-order valence-electron chi connectivity index (χ3n) is 3.46. The molecular weight excluding hydrogens is 242 g/mol. The summed E-state index contributed by atoms with van der Waals surface area (Å²) in [5, 5.41) is 2.97. The lowest BCUT2D eigenvalue weighted by Crippen LogP contribution is -2.40. The Bertz CT molecular complexity index is 412. The summed E-state index contributed by atoms with van der Waals surface area (Å²) in [5.41, 5.74) is 0. The minimum absolute atomic E-state index is 0.400. The van der Waals surface area contributed by atoms with Crippen LogP contribution in [0, 0.1) is 0 Å². The standard InChI is InChI=1S/C13H23N5O/c1-4-10-8-6-7-9-18(10)12-15-11(14-3)16-13(17-12)19-5-2/h10H,4-9H2,1-3H3,(H,14,15,16,17). The third-order valence-corrected chi connectivity index (χ3v) is 3.46. The van der Waals surface area contributed by atoms with Crippen molar-refractivity contribution in [1.29, 1.82) is 0 Å². The van der Waals surface area contributed by atoms with Crippen molar-refractivity contribution in [2.45, 2.75) is 45.6 Å². The van der Waals surface area contributed by atoms with Gasteiger partial charge in [0.25, 0.3) is 0 Å². The van der Waals surface area contributed by atoms with Gasteiger partial charge in [0, 0.05) is 19.6 Å². The topological polar surface area (TPSA) is 63.2 Å². The second-order valence-electron chi connectivity index (χ2n) is 4.68. The van der Waals surface area contributed by atoms with Crippen LogP contribution < -0.4 is 15.0 Å². The van der Waals surface area contributed by atoms with Gasteiger partial charge in [0.2, 0.25) is 11.9 Å². The van der Waals surface area contributed by atoms with Gasteiger partial charge < -0.3 is 15.0 Å². The van der Waals surface area contributed by atoms with Gasteiger partial charge in [0.05, 0.1) is 6.61 Å². The normalized spacial score (nSPS) is 19.3. The van der Waals surface area contributed by atoms with Crippen molar-refractivity contribution in [1.82, 2.24) is 15.0 Å². The monoisotopic (exact) mass is 265 g/mol. The molecule has 1 atom stereocenters. The number of hydrogen-bond donors (Lipinski definition) is 1. The first-order valence-electron chi connectivity index (χ1n) is 7.11. The predicted molar refractivity (Wildman–Crippen MR) is 75.8 cm³/mol. The van der Waals surface area contributed by atoms with Crippen LogP contribution in [0.1, 0.15) is 39.5 Å². The molecule has 1 aromatic heterocycles. The van der Waals surface area contributed by atoms with E-state index in [1.807, 2.05) is 14.0 Å². The van der Waals surface area contributed by atoms with Crippen molar-refractivity contribution in [3.05, 3.63) is 0 Å². The zero-order valence-corrected chi connectivity index (χ0v) is 12.0. The highest BCUT2D eigenvalue weighted by Gasteiger charge is 2.24. The Labute approximate surface area is 114 Å². The summed E-state index contributed by atoms with van der Waals surface area (Å²) in [4.78, 5) is 15.4. The van der Waals surface area contributed by atoms with E-state index >= 15 is 0 Å². The van der Waals surface area contributed by atoms with Crippen LogP contribution in [0.25, 0.3) is 0 Å². The first-order chi connectivity index (χ1) is 9.28. The second kappa shape index (κ2) is 6.54. The molecule has 1 N–H and O–H groups in total. The molecule has 0 aromatic carbocycles. The van der Waals surface area contributed by atoms with E-state index in [0.29, 0.717) is 24.6 Å². The number of nitrogens with zero attached hydrogens (tertiary/aromatic N) is 4. The van der Waals surface area contributed by atoms with Crippen LogP contribution in [0.5, 0.6) is 6.01 Å². The van der Waals surface area contributed by atoms with Crippen LogP contribution in [0.15, 0.2) is 0 Å². The Balaban J connectivity index is 2.28. The van der Waals surface area contributed by atoms with Gasteiger partial charge in [-0.2, -0.15) is 15.0 Å². The molecule has 1 aliphatic heterocycles. The van der Waals surface area contributed by atoms with E-state index in [2.05, 4.69) is 32.1 Å². The fraction of sp³-hybridized carbons (Fsp3) is 0.769. The van der Waals surface area contributed by atoms with Crippen molar-refractivity contribution >= 4 is 11.9 Å². The summed E-state index contributed by atoms with van der Waals surface area (Å²) in [6.45, 7) is 5.71. The molecule has 1 saturated heterocycles. The van der Waals surface area contributed by atoms with Crippen LogP contribution in [0.2, 0.25) is 0 Å². The SMILES string of the molecule is CCOc1nc(NC)nc(N2CCCCC2CC)n1. The average molecular weight is 265 g/mol. The molecular formula is C13H23N5O. The Morgan fingerprint density at radius 2 is 2.11 bits per heavy atom. The number of hydrogen-bond acceptors (Lipinski definition) is 6. The smallest absolute Gasteiger partial charge is 0.323 e. The summed E-state index contributed by atoms with van der Waals surface area (Å²) in [6, 6.07) is 0.924. The fourth-order valence-electron chi connectivity index (χ4n) is 2.47. The molecule has 1 fully saturated rings. The maximum atomic E-state index is 5.42. The first kappa shape index (κ1) is 13.8. The van der Waals surface area contributed by atoms with Crippen LogP contribution in [0.3, 0.4) is 0 Å². The lowest BCUT2D eigenvalue weighted by Gasteiger charge is -2.35. The largest absolute Gasteiger partial charge is 0.464 e. The summed E-state index contributed by atoms with van der Waals surface area (Å²) in [7, 11) is 1.81. The van der Waals surface area contributed by atoms with Crippen LogP contribution in [-0.4, -0.2) is 41.2 Å². The number of aromatic nitrogens is 3. The van der Waals surface area contributed by atoms with Gasteiger partial charge >= 0.3 is 6.01 Å². The van der Waals surface area contributed by atoms with Gasteiger partial charge in [-0.25, -0.2) is 0 Å². The van der Waals surface area contributed by atoms with Crippen molar-refractivity contribution in [3.8, 4) is 6.01 Å². The molecule has 1 aliphatic rings. The number of anilines is 2. The van der Waals surface area contributed by atoms with Crippen molar-refractivity contribution in [2.24, 2.45) is 0 Å². The first-order valence-corrected chi connectivity index (χ1v) is 7.11. The average Bonchev–Trinajstić information content (AvgIpc) is 2.47. The summed E-state index contributed by atoms with van der Waals surface area (Å²) >= 11 is 0. The second-order valence-corrected chi connectivity index (χ2v) is 4.68. The third kappa shape index (κ3) is 3.24. The summed E-state index contributed by atoms with van der Waals surface area (Å²) < 4.78 is 5.42. The number of piperidine rings is 1. The lowest BCUT2D eigenvalue weighted by atomic mass is 10.0. The lowest BCUT2D eigenvalue weighted by molar-refractivity contribution is 0.311. The van der Waals surface area contributed by atoms with Gasteiger partial charge in [-0.05, 0) is 32.6 Å². The molecule has 19 heavy (non-hydrogen) atoms. The van der Waals surface area contributed by atoms with Gasteiger partial charge in [-0.15, -0.1) is 0 Å². The Hall–Kier alpha value is -1.59. The molecule has 6 nitrogen and oxygen atoms in total. The van der Waals surface area contributed by atoms with E-state index in [1.54, 1.807) is 0 Å². The van der Waals surface area contributed by atoms with Crippen molar-refractivity contribution in [2.75, 3.05) is 30.4 Å². The highest BCUT2D eigenvalue weighted by atomic mass is 16.5. The summed E-state index contributed by atoms with van der Waals surface area (Å²) in [5.74, 6) is 1.29. The number of nitrogens with one attached hydrogen (secondary N) is 1. The van der Waals surface area contributed by atoms with E-state index in [1.165, 1.54) is 19.3 Å². The molecule has 0 saturated carbocycles. The van der Waals surface area contributed by atoms with Crippen molar-refractivity contribution < 1.29 is 4.74 Å². The van der Waals surface area contributed by atoms with Crippen LogP contribution in [0.4, 0.5) is 11.9 Å². The molecule has 6 heteroatoms. The van der Waals surface area contributed by atoms with E-state index in [4.69, 9.17) is 4.74 Å². The predicted octanol–water partition coefficient (Wildman–Crippen LogP) is 2.08. The Morgan fingerprint density at radius 3 is 2.79 bits per heavy atom. The van der Waals surface area contributed by atoms with Gasteiger partial charge in [0.15, 0.2) is 0 Å². The molecule has 0 spiro atoms. The van der Waals surface area contributed by atoms with E-state index in [9.17, 15) is 0 Å². The highest BCUT2D eigenvalue weighted by molar-refractivity contribution is 5.39. The Kier molecular flexibility index (Phi) is 4.76. The van der Waals surface area contributed by atoms with Gasteiger partial charge in [-0.3, -0.25) is 0 Å². The molecule has 0 bridgehead atoms. The van der Waals surface area contributed by atoms with E-state index in [-0.39, 0.29) is 0 Å². The molecule has 0 radical (unpaired) electrons. The summed E-state index contributed by atoms with van der Waals surface area (Å²) in [6.07, 6.45) is 4.81. The fourth-order valence-corrected chi connectivity index (χ4v) is 2.47. The van der Waals surface area contributed by atoms with Crippen LogP contribution in [-0.2, 0) is 0 Å². The zero-order valence-electron chi connectivity index (χ0n) is 12.0. The van der Waals surface area contributed by atoms with Gasteiger partial charge in [0.1, 0.15) is 0 Å². The van der Waals surface area contributed by atoms with Crippen molar-refractivity contribution in [3.63, 3.8) is 0 Å². The molecule has 1 unspecified atom stereocenters. The quantitative estimate of drug-likeness (QED) is 0.879. The minimum Gasteiger partial charge on any atom is -0.464 e. The number of rotatable bonds is 5. The van der Waals surface area contributed by atoms with Gasteiger partial charge in [-0.1, -0.05) is 6.92 Å². The zero-order chi connectivity index (χ0) is 13.7. The molecule has 0 amide bonds.